The van der Waals surface area contributed by atoms with Crippen LogP contribution in [0.5, 0.6) is 0 Å². The number of carbonyl (C=O) groups is 2. The Balaban J connectivity index is 2.22. The molecule has 2 aromatic rings. The molecule has 5 heteroatoms. The molecule has 0 saturated heterocycles. The van der Waals surface area contributed by atoms with Crippen molar-refractivity contribution in [2.45, 2.75) is 33.2 Å². The summed E-state index contributed by atoms with van der Waals surface area (Å²) in [4.78, 5) is 26.3. The highest BCUT2D eigenvalue weighted by Crippen LogP contribution is 2.20. The van der Waals surface area contributed by atoms with Crippen molar-refractivity contribution < 1.29 is 14.0 Å². The Morgan fingerprint density at radius 2 is 2.04 bits per heavy atom. The van der Waals surface area contributed by atoms with Gasteiger partial charge in [-0.2, -0.15) is 0 Å². The van der Waals surface area contributed by atoms with Crippen LogP contribution in [0.4, 0.5) is 5.69 Å². The Hall–Kier alpha value is -2.56. The molecule has 0 radical (unpaired) electrons. The van der Waals surface area contributed by atoms with Crippen LogP contribution in [0, 0.1) is 6.92 Å². The number of nitrogens with zero attached hydrogens (tertiary/aromatic N) is 1. The van der Waals surface area contributed by atoms with Crippen LogP contribution in [-0.2, 0) is 0 Å². The molecule has 0 aliphatic carbocycles. The molecule has 1 unspecified atom stereocenters. The Morgan fingerprint density at radius 3 is 2.65 bits per heavy atom. The van der Waals surface area contributed by atoms with Crippen molar-refractivity contribution in [3.05, 3.63) is 53.5 Å². The third kappa shape index (κ3) is 3.80. The Kier molecular flexibility index (Phi) is 5.21. The lowest BCUT2D eigenvalue weighted by molar-refractivity contribution is 0.0740. The molecule has 1 atom stereocenters. The van der Waals surface area contributed by atoms with Crippen molar-refractivity contribution in [1.29, 1.82) is 0 Å². The Labute approximate surface area is 136 Å². The van der Waals surface area contributed by atoms with Gasteiger partial charge in [0.2, 0.25) is 0 Å². The summed E-state index contributed by atoms with van der Waals surface area (Å²) in [6, 6.07) is 8.72. The van der Waals surface area contributed by atoms with Gasteiger partial charge in [-0.05, 0) is 50.1 Å². The van der Waals surface area contributed by atoms with Crippen molar-refractivity contribution >= 4 is 17.5 Å². The quantitative estimate of drug-likeness (QED) is 0.915. The van der Waals surface area contributed by atoms with Crippen molar-refractivity contribution in [2.24, 2.45) is 0 Å². The summed E-state index contributed by atoms with van der Waals surface area (Å²) in [7, 11) is 1.79. The second-order valence-electron chi connectivity index (χ2n) is 5.63. The van der Waals surface area contributed by atoms with E-state index in [1.165, 1.54) is 6.26 Å². The number of rotatable bonds is 5. The third-order valence-corrected chi connectivity index (χ3v) is 4.05. The summed E-state index contributed by atoms with van der Waals surface area (Å²) in [6.07, 6.45) is 2.33. The van der Waals surface area contributed by atoms with E-state index in [1.807, 2.05) is 26.8 Å². The number of hydrogen-bond acceptors (Lipinski definition) is 3. The predicted octanol–water partition coefficient (Wildman–Crippen LogP) is 3.71. The maximum atomic E-state index is 12.5. The van der Waals surface area contributed by atoms with Gasteiger partial charge in [0.05, 0.1) is 6.26 Å². The molecule has 2 amide bonds. The molecule has 0 saturated carbocycles. The average molecular weight is 314 g/mol. The molecule has 122 valence electrons. The maximum Gasteiger partial charge on any atom is 0.291 e. The number of carbonyl (C=O) groups excluding carboxylic acids is 2. The van der Waals surface area contributed by atoms with E-state index in [9.17, 15) is 9.59 Å². The first-order chi connectivity index (χ1) is 10.9. The van der Waals surface area contributed by atoms with Crippen LogP contribution in [0.15, 0.2) is 41.0 Å². The van der Waals surface area contributed by atoms with Crippen LogP contribution in [0.3, 0.4) is 0 Å². The van der Waals surface area contributed by atoms with Gasteiger partial charge in [-0.1, -0.05) is 13.0 Å². The van der Waals surface area contributed by atoms with E-state index in [4.69, 9.17) is 4.42 Å². The summed E-state index contributed by atoms with van der Waals surface area (Å²) >= 11 is 0. The number of furan rings is 1. The Bertz CT molecular complexity index is 692. The van der Waals surface area contributed by atoms with Gasteiger partial charge in [-0.3, -0.25) is 9.59 Å². The molecule has 5 nitrogen and oxygen atoms in total. The van der Waals surface area contributed by atoms with Crippen molar-refractivity contribution in [3.8, 4) is 0 Å². The first-order valence-corrected chi connectivity index (χ1v) is 7.66. The van der Waals surface area contributed by atoms with Crippen LogP contribution < -0.4 is 5.32 Å². The van der Waals surface area contributed by atoms with Crippen LogP contribution >= 0.6 is 0 Å². The minimum Gasteiger partial charge on any atom is -0.459 e. The van der Waals surface area contributed by atoms with Crippen LogP contribution in [0.25, 0.3) is 0 Å². The van der Waals surface area contributed by atoms with Gasteiger partial charge >= 0.3 is 0 Å². The molecule has 0 aliphatic heterocycles. The lowest BCUT2D eigenvalue weighted by Crippen LogP contribution is -2.34. The number of benzene rings is 1. The summed E-state index contributed by atoms with van der Waals surface area (Å²) in [5, 5.41) is 2.79. The highest BCUT2D eigenvalue weighted by Gasteiger charge is 2.18. The predicted molar refractivity (Wildman–Crippen MR) is 89.7 cm³/mol. The Morgan fingerprint density at radius 1 is 1.30 bits per heavy atom. The molecule has 0 spiro atoms. The average Bonchev–Trinajstić information content (AvgIpc) is 3.09. The number of nitrogens with one attached hydrogen (secondary N) is 1. The molecule has 0 fully saturated rings. The van der Waals surface area contributed by atoms with E-state index in [1.54, 1.807) is 36.2 Å². The van der Waals surface area contributed by atoms with Crippen molar-refractivity contribution in [3.63, 3.8) is 0 Å². The summed E-state index contributed by atoms with van der Waals surface area (Å²) in [5.41, 5.74) is 2.04. The van der Waals surface area contributed by atoms with E-state index in [-0.39, 0.29) is 23.6 Å². The molecule has 0 aliphatic rings. The zero-order valence-corrected chi connectivity index (χ0v) is 13.9. The van der Waals surface area contributed by atoms with E-state index in [2.05, 4.69) is 5.32 Å². The second-order valence-corrected chi connectivity index (χ2v) is 5.63. The van der Waals surface area contributed by atoms with Crippen molar-refractivity contribution in [1.82, 2.24) is 4.90 Å². The normalized spacial score (nSPS) is 11.8. The zero-order chi connectivity index (χ0) is 17.0. The van der Waals surface area contributed by atoms with E-state index < -0.39 is 0 Å². The fourth-order valence-corrected chi connectivity index (χ4v) is 2.16. The molecule has 0 bridgehead atoms. The summed E-state index contributed by atoms with van der Waals surface area (Å²) in [5.74, 6) is -0.163. The van der Waals surface area contributed by atoms with Gasteiger partial charge in [0.1, 0.15) is 0 Å². The SMILES string of the molecule is CCC(C)N(C)C(=O)c1ccc(C)c(NC(=O)c2ccco2)c1. The lowest BCUT2D eigenvalue weighted by atomic mass is 10.1. The van der Waals surface area contributed by atoms with E-state index in [0.29, 0.717) is 11.3 Å². The van der Waals surface area contributed by atoms with Crippen LogP contribution in [-0.4, -0.2) is 29.8 Å². The molecule has 1 N–H and O–H groups in total. The number of hydrogen-bond donors (Lipinski definition) is 1. The summed E-state index contributed by atoms with van der Waals surface area (Å²) in [6.45, 7) is 5.93. The molecule has 2 rings (SSSR count). The first-order valence-electron chi connectivity index (χ1n) is 7.66. The second kappa shape index (κ2) is 7.13. The summed E-state index contributed by atoms with van der Waals surface area (Å²) < 4.78 is 5.08. The van der Waals surface area contributed by atoms with Crippen molar-refractivity contribution in [2.75, 3.05) is 12.4 Å². The van der Waals surface area contributed by atoms with Gasteiger partial charge < -0.3 is 14.6 Å². The van der Waals surface area contributed by atoms with Gasteiger partial charge in [0.15, 0.2) is 5.76 Å². The molecule has 1 heterocycles. The van der Waals surface area contributed by atoms with E-state index >= 15 is 0 Å². The molecular formula is C18H22N2O3. The fourth-order valence-electron chi connectivity index (χ4n) is 2.16. The molecule has 23 heavy (non-hydrogen) atoms. The smallest absolute Gasteiger partial charge is 0.291 e. The third-order valence-electron chi connectivity index (χ3n) is 4.05. The minimum absolute atomic E-state index is 0.0622. The molecule has 1 aromatic carbocycles. The monoisotopic (exact) mass is 314 g/mol. The number of anilines is 1. The topological polar surface area (TPSA) is 62.6 Å². The van der Waals surface area contributed by atoms with Gasteiger partial charge in [-0.15, -0.1) is 0 Å². The fraction of sp³-hybridized carbons (Fsp3) is 0.333. The van der Waals surface area contributed by atoms with Gasteiger partial charge in [0.25, 0.3) is 11.8 Å². The highest BCUT2D eigenvalue weighted by atomic mass is 16.3. The molecular weight excluding hydrogens is 292 g/mol. The highest BCUT2D eigenvalue weighted by molar-refractivity contribution is 6.03. The van der Waals surface area contributed by atoms with Gasteiger partial charge in [0, 0.05) is 24.3 Å². The lowest BCUT2D eigenvalue weighted by Gasteiger charge is -2.24. The number of amides is 2. The first kappa shape index (κ1) is 16.8. The largest absolute Gasteiger partial charge is 0.459 e. The van der Waals surface area contributed by atoms with E-state index in [0.717, 1.165) is 12.0 Å². The number of aryl methyl sites for hydroxylation is 1. The maximum absolute atomic E-state index is 12.5. The molecule has 1 aromatic heterocycles. The minimum atomic E-state index is -0.335. The van der Waals surface area contributed by atoms with Crippen LogP contribution in [0.1, 0.15) is 46.7 Å². The van der Waals surface area contributed by atoms with Crippen LogP contribution in [0.2, 0.25) is 0 Å². The standard InChI is InChI=1S/C18H22N2O3/c1-5-13(3)20(4)18(22)14-9-8-12(2)15(11-14)19-17(21)16-7-6-10-23-16/h6-11,13H,5H2,1-4H3,(H,19,21). The van der Waals surface area contributed by atoms with Gasteiger partial charge in [-0.25, -0.2) is 0 Å². The zero-order valence-electron chi connectivity index (χ0n) is 13.9.